The topological polar surface area (TPSA) is 105 Å². The van der Waals surface area contributed by atoms with Crippen LogP contribution in [0, 0.1) is 6.92 Å². The largest absolute Gasteiger partial charge is 0.486 e. The molecule has 0 fully saturated rings. The molecule has 10 heteroatoms. The number of rotatable bonds is 10. The summed E-state index contributed by atoms with van der Waals surface area (Å²) in [5.41, 5.74) is 2.14. The second-order valence-electron chi connectivity index (χ2n) is 9.20. The van der Waals surface area contributed by atoms with E-state index >= 15 is 0 Å². The van der Waals surface area contributed by atoms with E-state index in [4.69, 9.17) is 9.47 Å². The molecule has 1 heterocycles. The number of carbonyl (C=O) groups excluding carboxylic acids is 2. The first kappa shape index (κ1) is 28.0. The lowest BCUT2D eigenvalue weighted by molar-refractivity contribution is -0.140. The average Bonchev–Trinajstić information content (AvgIpc) is 2.96. The van der Waals surface area contributed by atoms with Gasteiger partial charge in [-0.05, 0) is 43.2 Å². The number of amides is 2. The van der Waals surface area contributed by atoms with E-state index < -0.39 is 28.5 Å². The van der Waals surface area contributed by atoms with Gasteiger partial charge < -0.3 is 19.7 Å². The van der Waals surface area contributed by atoms with Gasteiger partial charge in [0.15, 0.2) is 11.5 Å². The minimum Gasteiger partial charge on any atom is -0.486 e. The first-order valence-corrected chi connectivity index (χ1v) is 14.2. The fourth-order valence-electron chi connectivity index (χ4n) is 4.41. The molecule has 206 valence electrons. The molecule has 3 aromatic rings. The minimum atomic E-state index is -4.16. The van der Waals surface area contributed by atoms with Gasteiger partial charge in [-0.1, -0.05) is 55.0 Å². The number of hydrogen-bond acceptors (Lipinski definition) is 6. The van der Waals surface area contributed by atoms with Crippen LogP contribution in [0.3, 0.4) is 0 Å². The summed E-state index contributed by atoms with van der Waals surface area (Å²) in [6.07, 6.45) is 0.354. The quantitative estimate of drug-likeness (QED) is 0.414. The highest BCUT2D eigenvalue weighted by Crippen LogP contribution is 2.36. The Balaban J connectivity index is 1.75. The smallest absolute Gasteiger partial charge is 0.264 e. The lowest BCUT2D eigenvalue weighted by Gasteiger charge is -2.33. The molecule has 0 aromatic heterocycles. The highest BCUT2D eigenvalue weighted by atomic mass is 32.2. The van der Waals surface area contributed by atoms with Gasteiger partial charge >= 0.3 is 0 Å². The highest BCUT2D eigenvalue weighted by molar-refractivity contribution is 7.92. The molecule has 9 nitrogen and oxygen atoms in total. The molecule has 1 aliphatic rings. The SMILES string of the molecule is CCC(C(=O)NC)N(Cc1ccc(C)cc1)C(=O)CN(c1ccc2c(c1)OCCO2)S(=O)(=O)c1ccccc1. The molecule has 0 saturated carbocycles. The van der Waals surface area contributed by atoms with E-state index in [0.717, 1.165) is 15.4 Å². The number of nitrogens with one attached hydrogen (secondary N) is 1. The first-order chi connectivity index (χ1) is 18.7. The van der Waals surface area contributed by atoms with Gasteiger partial charge in [0.1, 0.15) is 25.8 Å². The number of fused-ring (bicyclic) bond motifs is 1. The maximum absolute atomic E-state index is 14.0. The number of ether oxygens (including phenoxy) is 2. The van der Waals surface area contributed by atoms with Gasteiger partial charge in [0.2, 0.25) is 11.8 Å². The summed E-state index contributed by atoms with van der Waals surface area (Å²) < 4.78 is 40.1. The van der Waals surface area contributed by atoms with E-state index in [2.05, 4.69) is 5.32 Å². The number of carbonyl (C=O) groups is 2. The number of likely N-dealkylation sites (N-methyl/N-ethyl adjacent to an activating group) is 1. The van der Waals surface area contributed by atoms with E-state index in [1.807, 2.05) is 38.1 Å². The fourth-order valence-corrected chi connectivity index (χ4v) is 5.84. The Bertz CT molecular complexity index is 1410. The van der Waals surface area contributed by atoms with E-state index in [9.17, 15) is 18.0 Å². The van der Waals surface area contributed by atoms with E-state index in [1.54, 1.807) is 36.4 Å². The van der Waals surface area contributed by atoms with Crippen molar-refractivity contribution in [3.05, 3.63) is 83.9 Å². The van der Waals surface area contributed by atoms with Crippen molar-refractivity contribution >= 4 is 27.5 Å². The third-order valence-corrected chi connectivity index (χ3v) is 8.32. The van der Waals surface area contributed by atoms with Crippen LogP contribution in [0.2, 0.25) is 0 Å². The van der Waals surface area contributed by atoms with Crippen molar-refractivity contribution in [1.29, 1.82) is 0 Å². The summed E-state index contributed by atoms with van der Waals surface area (Å²) in [4.78, 5) is 28.2. The molecule has 0 radical (unpaired) electrons. The van der Waals surface area contributed by atoms with Crippen LogP contribution in [0.25, 0.3) is 0 Å². The van der Waals surface area contributed by atoms with Crippen molar-refractivity contribution in [3.63, 3.8) is 0 Å². The molecule has 1 unspecified atom stereocenters. The van der Waals surface area contributed by atoms with Crippen molar-refractivity contribution in [2.24, 2.45) is 0 Å². The Kier molecular flexibility index (Phi) is 8.75. The van der Waals surface area contributed by atoms with Crippen LogP contribution in [0.5, 0.6) is 11.5 Å². The number of aryl methyl sites for hydroxylation is 1. The van der Waals surface area contributed by atoms with E-state index in [1.165, 1.54) is 24.1 Å². The Labute approximate surface area is 229 Å². The molecule has 4 rings (SSSR count). The van der Waals surface area contributed by atoms with Gasteiger partial charge in [-0.25, -0.2) is 8.42 Å². The predicted octanol–water partition coefficient (Wildman–Crippen LogP) is 3.51. The van der Waals surface area contributed by atoms with Crippen LogP contribution in [-0.4, -0.2) is 58.0 Å². The summed E-state index contributed by atoms with van der Waals surface area (Å²) in [7, 11) is -2.64. The van der Waals surface area contributed by atoms with Crippen LogP contribution in [-0.2, 0) is 26.2 Å². The zero-order valence-corrected chi connectivity index (χ0v) is 23.1. The number of anilines is 1. The number of hydrogen-bond donors (Lipinski definition) is 1. The molecular formula is C29H33N3O6S. The van der Waals surface area contributed by atoms with Gasteiger partial charge in [-0.2, -0.15) is 0 Å². The first-order valence-electron chi connectivity index (χ1n) is 12.8. The zero-order valence-electron chi connectivity index (χ0n) is 22.3. The molecule has 0 bridgehead atoms. The summed E-state index contributed by atoms with van der Waals surface area (Å²) in [6, 6.07) is 19.6. The molecule has 2 amide bonds. The summed E-state index contributed by atoms with van der Waals surface area (Å²) in [5.74, 6) is 0.0583. The second kappa shape index (κ2) is 12.2. The maximum Gasteiger partial charge on any atom is 0.264 e. The Morgan fingerprint density at radius 3 is 2.26 bits per heavy atom. The Morgan fingerprint density at radius 1 is 0.949 bits per heavy atom. The van der Waals surface area contributed by atoms with Gasteiger partial charge in [-0.3, -0.25) is 13.9 Å². The monoisotopic (exact) mass is 551 g/mol. The van der Waals surface area contributed by atoms with Gasteiger partial charge in [-0.15, -0.1) is 0 Å². The Hall–Kier alpha value is -4.05. The van der Waals surface area contributed by atoms with Crippen molar-refractivity contribution in [2.75, 3.05) is 31.1 Å². The molecule has 39 heavy (non-hydrogen) atoms. The van der Waals surface area contributed by atoms with Crippen LogP contribution in [0.4, 0.5) is 5.69 Å². The number of nitrogens with zero attached hydrogens (tertiary/aromatic N) is 2. The average molecular weight is 552 g/mol. The third-order valence-electron chi connectivity index (χ3n) is 6.53. The van der Waals surface area contributed by atoms with Gasteiger partial charge in [0, 0.05) is 19.7 Å². The molecule has 1 aliphatic heterocycles. The molecule has 0 aliphatic carbocycles. The molecule has 1 N–H and O–H groups in total. The van der Waals surface area contributed by atoms with Gasteiger partial charge in [0.05, 0.1) is 10.6 Å². The van der Waals surface area contributed by atoms with Crippen LogP contribution >= 0.6 is 0 Å². The zero-order chi connectivity index (χ0) is 28.0. The Morgan fingerprint density at radius 2 is 1.62 bits per heavy atom. The fraction of sp³-hybridized carbons (Fsp3) is 0.310. The van der Waals surface area contributed by atoms with E-state index in [0.29, 0.717) is 31.1 Å². The van der Waals surface area contributed by atoms with Crippen molar-refractivity contribution in [1.82, 2.24) is 10.2 Å². The van der Waals surface area contributed by atoms with Crippen molar-refractivity contribution in [2.45, 2.75) is 37.8 Å². The van der Waals surface area contributed by atoms with E-state index in [-0.39, 0.29) is 23.0 Å². The summed E-state index contributed by atoms with van der Waals surface area (Å²) in [5, 5.41) is 2.63. The number of benzene rings is 3. The van der Waals surface area contributed by atoms with Crippen LogP contribution in [0.15, 0.2) is 77.7 Å². The van der Waals surface area contributed by atoms with Crippen molar-refractivity contribution in [3.8, 4) is 11.5 Å². The predicted molar refractivity (Wildman–Crippen MR) is 148 cm³/mol. The lowest BCUT2D eigenvalue weighted by Crippen LogP contribution is -2.51. The standard InChI is InChI=1S/C29H33N3O6S/c1-4-25(29(34)30-3)31(19-22-12-10-21(2)11-13-22)28(33)20-32(39(35,36)24-8-6-5-7-9-24)23-14-15-26-27(18-23)38-17-16-37-26/h5-15,18,25H,4,16-17,19-20H2,1-3H3,(H,30,34). The van der Waals surface area contributed by atoms with Crippen molar-refractivity contribution < 1.29 is 27.5 Å². The summed E-state index contributed by atoms with van der Waals surface area (Å²) >= 11 is 0. The third kappa shape index (κ3) is 6.34. The normalized spacial score (nSPS) is 13.3. The van der Waals surface area contributed by atoms with Crippen LogP contribution in [0.1, 0.15) is 24.5 Å². The molecule has 1 atom stereocenters. The number of sulfonamides is 1. The second-order valence-corrected chi connectivity index (χ2v) is 11.1. The lowest BCUT2D eigenvalue weighted by atomic mass is 10.1. The molecule has 0 spiro atoms. The van der Waals surface area contributed by atoms with Gasteiger partial charge in [0.25, 0.3) is 10.0 Å². The highest BCUT2D eigenvalue weighted by Gasteiger charge is 2.34. The molecule has 3 aromatic carbocycles. The minimum absolute atomic E-state index is 0.0381. The molecular weight excluding hydrogens is 518 g/mol. The maximum atomic E-state index is 14.0. The molecule has 0 saturated heterocycles. The summed E-state index contributed by atoms with van der Waals surface area (Å²) in [6.45, 7) is 4.13. The van der Waals surface area contributed by atoms with Crippen LogP contribution < -0.4 is 19.1 Å².